The first kappa shape index (κ1) is 21.0. The summed E-state index contributed by atoms with van der Waals surface area (Å²) in [6.45, 7) is 3.20. The fourth-order valence-electron chi connectivity index (χ4n) is 2.22. The number of benzene rings is 1. The van der Waals surface area contributed by atoms with Crippen LogP contribution in [-0.4, -0.2) is 42.4 Å². The van der Waals surface area contributed by atoms with Crippen molar-refractivity contribution in [1.82, 2.24) is 5.32 Å². The minimum atomic E-state index is -1.19. The lowest BCUT2D eigenvalue weighted by Crippen LogP contribution is -2.41. The van der Waals surface area contributed by atoms with E-state index in [9.17, 15) is 19.7 Å². The zero-order chi connectivity index (χ0) is 19.9. The zero-order valence-corrected chi connectivity index (χ0v) is 15.0. The summed E-state index contributed by atoms with van der Waals surface area (Å²) in [4.78, 5) is 33.6. The van der Waals surface area contributed by atoms with Crippen LogP contribution in [0, 0.1) is 16.0 Å². The lowest BCUT2D eigenvalue weighted by atomic mass is 10.0. The fraction of sp³-hybridized carbons (Fsp3) is 0.500. The SMILES string of the molecule is COc1cc(COC(=O)N[C@@H](CC(C)C)C(=O)O)c([N+](=O)[O-])cc1OC. The first-order valence-corrected chi connectivity index (χ1v) is 7.74. The van der Waals surface area contributed by atoms with Gasteiger partial charge in [-0.1, -0.05) is 13.8 Å². The number of rotatable bonds is 9. The van der Waals surface area contributed by atoms with Gasteiger partial charge in [-0.05, 0) is 18.4 Å². The molecule has 0 saturated carbocycles. The van der Waals surface area contributed by atoms with Crippen molar-refractivity contribution in [2.75, 3.05) is 14.2 Å². The molecule has 0 aliphatic carbocycles. The third-order valence-electron chi connectivity index (χ3n) is 3.44. The van der Waals surface area contributed by atoms with Crippen molar-refractivity contribution < 1.29 is 33.8 Å². The second-order valence-electron chi connectivity index (χ2n) is 5.83. The molecule has 0 aliphatic rings. The molecule has 0 heterocycles. The third-order valence-corrected chi connectivity index (χ3v) is 3.44. The highest BCUT2D eigenvalue weighted by molar-refractivity contribution is 5.79. The van der Waals surface area contributed by atoms with Crippen molar-refractivity contribution in [3.8, 4) is 11.5 Å². The average molecular weight is 370 g/mol. The van der Waals surface area contributed by atoms with Crippen LogP contribution in [0.3, 0.4) is 0 Å². The van der Waals surface area contributed by atoms with Gasteiger partial charge in [0.2, 0.25) is 0 Å². The number of carboxylic acid groups (broad SMARTS) is 1. The van der Waals surface area contributed by atoms with Gasteiger partial charge in [0.15, 0.2) is 11.5 Å². The largest absolute Gasteiger partial charge is 0.493 e. The molecule has 1 rings (SSSR count). The Morgan fingerprint density at radius 2 is 1.81 bits per heavy atom. The summed E-state index contributed by atoms with van der Waals surface area (Å²) in [6, 6.07) is 1.38. The molecule has 0 radical (unpaired) electrons. The molecule has 1 aromatic carbocycles. The summed E-state index contributed by atoms with van der Waals surface area (Å²) in [7, 11) is 2.70. The van der Waals surface area contributed by atoms with E-state index >= 15 is 0 Å². The summed E-state index contributed by atoms with van der Waals surface area (Å²) < 4.78 is 15.0. The maximum Gasteiger partial charge on any atom is 0.408 e. The number of nitrogens with one attached hydrogen (secondary N) is 1. The van der Waals surface area contributed by atoms with Crippen LogP contribution in [0.5, 0.6) is 11.5 Å². The Balaban J connectivity index is 2.89. The number of carboxylic acids is 1. The Kier molecular flexibility index (Phi) is 7.63. The van der Waals surface area contributed by atoms with Crippen molar-refractivity contribution in [1.29, 1.82) is 0 Å². The van der Waals surface area contributed by atoms with Crippen LogP contribution in [0.2, 0.25) is 0 Å². The lowest BCUT2D eigenvalue weighted by molar-refractivity contribution is -0.385. The van der Waals surface area contributed by atoms with E-state index in [0.29, 0.717) is 0 Å². The number of nitrogens with zero attached hydrogens (tertiary/aromatic N) is 1. The van der Waals surface area contributed by atoms with Crippen LogP contribution in [-0.2, 0) is 16.1 Å². The van der Waals surface area contributed by atoms with E-state index in [1.54, 1.807) is 0 Å². The van der Waals surface area contributed by atoms with Crippen LogP contribution in [0.25, 0.3) is 0 Å². The molecular weight excluding hydrogens is 348 g/mol. The molecule has 0 spiro atoms. The van der Waals surface area contributed by atoms with Crippen LogP contribution in [0.1, 0.15) is 25.8 Å². The number of carbonyl (C=O) groups excluding carboxylic acids is 1. The zero-order valence-electron chi connectivity index (χ0n) is 15.0. The second kappa shape index (κ2) is 9.44. The minimum Gasteiger partial charge on any atom is -0.493 e. The minimum absolute atomic E-state index is 0.0448. The number of carbonyl (C=O) groups is 2. The highest BCUT2D eigenvalue weighted by Crippen LogP contribution is 2.34. The number of nitro groups is 1. The van der Waals surface area contributed by atoms with E-state index in [0.717, 1.165) is 6.07 Å². The van der Waals surface area contributed by atoms with E-state index in [1.807, 2.05) is 13.8 Å². The molecule has 10 nitrogen and oxygen atoms in total. The van der Waals surface area contributed by atoms with Gasteiger partial charge in [0, 0.05) is 0 Å². The van der Waals surface area contributed by atoms with Gasteiger partial charge in [-0.2, -0.15) is 0 Å². The lowest BCUT2D eigenvalue weighted by Gasteiger charge is -2.16. The van der Waals surface area contributed by atoms with Gasteiger partial charge in [0.1, 0.15) is 12.6 Å². The number of amides is 1. The van der Waals surface area contributed by atoms with Gasteiger partial charge in [-0.15, -0.1) is 0 Å². The number of nitro benzene ring substituents is 1. The predicted molar refractivity (Wildman–Crippen MR) is 90.4 cm³/mol. The number of hydrogen-bond acceptors (Lipinski definition) is 7. The number of hydrogen-bond donors (Lipinski definition) is 2. The Morgan fingerprint density at radius 1 is 1.23 bits per heavy atom. The molecule has 0 aliphatic heterocycles. The number of ether oxygens (including phenoxy) is 3. The van der Waals surface area contributed by atoms with E-state index in [-0.39, 0.29) is 35.1 Å². The smallest absolute Gasteiger partial charge is 0.408 e. The quantitative estimate of drug-likeness (QED) is 0.499. The molecular formula is C16H22N2O8. The molecule has 0 aromatic heterocycles. The van der Waals surface area contributed by atoms with Gasteiger partial charge in [0.25, 0.3) is 5.69 Å². The molecule has 0 fully saturated rings. The summed E-state index contributed by atoms with van der Waals surface area (Å²) in [5.41, 5.74) is -0.231. The van der Waals surface area contributed by atoms with E-state index in [4.69, 9.17) is 19.3 Å². The van der Waals surface area contributed by atoms with Gasteiger partial charge < -0.3 is 24.6 Å². The summed E-state index contributed by atoms with van der Waals surface area (Å²) in [6.07, 6.45) is -0.761. The maximum absolute atomic E-state index is 11.8. The summed E-state index contributed by atoms with van der Waals surface area (Å²) in [5.74, 6) is -0.744. The molecule has 1 amide bonds. The molecule has 26 heavy (non-hydrogen) atoms. The number of aliphatic carboxylic acids is 1. The molecule has 0 saturated heterocycles. The Labute approximate surface area is 150 Å². The standard InChI is InChI=1S/C16H22N2O8/c1-9(2)5-11(15(19)20)17-16(21)26-8-10-6-13(24-3)14(25-4)7-12(10)18(22)23/h6-7,9,11H,5,8H2,1-4H3,(H,17,21)(H,19,20)/t11-/m0/s1. The number of methoxy groups -OCH3 is 2. The topological polar surface area (TPSA) is 137 Å². The molecule has 0 unspecified atom stereocenters. The van der Waals surface area contributed by atoms with Crippen molar-refractivity contribution in [3.05, 3.63) is 27.8 Å². The van der Waals surface area contributed by atoms with Crippen molar-refractivity contribution in [3.63, 3.8) is 0 Å². The monoisotopic (exact) mass is 370 g/mol. The van der Waals surface area contributed by atoms with Crippen molar-refractivity contribution in [2.45, 2.75) is 32.9 Å². The number of alkyl carbamates (subject to hydrolysis) is 1. The van der Waals surface area contributed by atoms with E-state index in [1.165, 1.54) is 20.3 Å². The first-order chi connectivity index (χ1) is 12.2. The van der Waals surface area contributed by atoms with Crippen molar-refractivity contribution >= 4 is 17.7 Å². The first-order valence-electron chi connectivity index (χ1n) is 7.74. The molecule has 10 heteroatoms. The van der Waals surface area contributed by atoms with Crippen molar-refractivity contribution in [2.24, 2.45) is 5.92 Å². The van der Waals surface area contributed by atoms with Gasteiger partial charge in [-0.3, -0.25) is 10.1 Å². The molecule has 2 N–H and O–H groups in total. The second-order valence-corrected chi connectivity index (χ2v) is 5.83. The van der Waals surface area contributed by atoms with Crippen LogP contribution in [0.15, 0.2) is 12.1 Å². The van der Waals surface area contributed by atoms with Gasteiger partial charge >= 0.3 is 12.1 Å². The highest BCUT2D eigenvalue weighted by atomic mass is 16.6. The van der Waals surface area contributed by atoms with Crippen LogP contribution < -0.4 is 14.8 Å². The Bertz CT molecular complexity index is 674. The highest BCUT2D eigenvalue weighted by Gasteiger charge is 2.24. The molecule has 1 aromatic rings. The van der Waals surface area contributed by atoms with Gasteiger partial charge in [-0.25, -0.2) is 9.59 Å². The summed E-state index contributed by atoms with van der Waals surface area (Å²) >= 11 is 0. The Morgan fingerprint density at radius 3 is 2.27 bits per heavy atom. The fourth-order valence-corrected chi connectivity index (χ4v) is 2.22. The third kappa shape index (κ3) is 5.80. The maximum atomic E-state index is 11.8. The van der Waals surface area contributed by atoms with E-state index < -0.39 is 29.6 Å². The van der Waals surface area contributed by atoms with Crippen LogP contribution in [0.4, 0.5) is 10.5 Å². The predicted octanol–water partition coefficient (Wildman–Crippen LogP) is 2.34. The molecule has 0 bridgehead atoms. The summed E-state index contributed by atoms with van der Waals surface area (Å²) in [5, 5.41) is 22.5. The molecule has 1 atom stereocenters. The Hall–Kier alpha value is -3.04. The van der Waals surface area contributed by atoms with Gasteiger partial charge in [0.05, 0.1) is 30.8 Å². The molecule has 144 valence electrons. The normalized spacial score (nSPS) is 11.6. The average Bonchev–Trinajstić information content (AvgIpc) is 2.57. The van der Waals surface area contributed by atoms with E-state index in [2.05, 4.69) is 5.32 Å². The van der Waals surface area contributed by atoms with Crippen LogP contribution >= 0.6 is 0 Å².